The van der Waals surface area contributed by atoms with E-state index in [0.717, 1.165) is 5.56 Å². The van der Waals surface area contributed by atoms with Crippen LogP contribution in [0.25, 0.3) is 0 Å². The summed E-state index contributed by atoms with van der Waals surface area (Å²) >= 11 is 5.89. The number of nitrogens with one attached hydrogen (secondary N) is 1. The number of halogens is 1. The van der Waals surface area contributed by atoms with E-state index in [2.05, 4.69) is 5.32 Å². The van der Waals surface area contributed by atoms with Gasteiger partial charge in [-0.1, -0.05) is 30.7 Å². The molecule has 0 aromatic heterocycles. The van der Waals surface area contributed by atoms with E-state index >= 15 is 0 Å². The Hall–Kier alpha value is -1.10. The molecule has 106 valence electrons. The number of carbonyl (C=O) groups excluding carboxylic acids is 1. The normalized spacial score (nSPS) is 14.2. The number of rotatable bonds is 6. The van der Waals surface area contributed by atoms with Gasteiger partial charge in [-0.05, 0) is 24.7 Å². The fourth-order valence-corrected chi connectivity index (χ4v) is 2.18. The monoisotopic (exact) mass is 284 g/mol. The molecule has 2 atom stereocenters. The molecule has 1 aromatic carbocycles. The van der Waals surface area contributed by atoms with Crippen molar-refractivity contribution in [3.63, 3.8) is 0 Å². The van der Waals surface area contributed by atoms with Crippen LogP contribution in [-0.2, 0) is 4.79 Å². The van der Waals surface area contributed by atoms with Crippen molar-refractivity contribution >= 4 is 17.5 Å². The molecule has 1 rings (SSSR count). The van der Waals surface area contributed by atoms with Gasteiger partial charge in [-0.2, -0.15) is 0 Å². The molecule has 0 aliphatic rings. The lowest BCUT2D eigenvalue weighted by Crippen LogP contribution is -2.36. The highest BCUT2D eigenvalue weighted by Gasteiger charge is 2.16. The first-order chi connectivity index (χ1) is 8.93. The predicted molar refractivity (Wildman–Crippen MR) is 77.1 cm³/mol. The highest BCUT2D eigenvalue weighted by molar-refractivity contribution is 6.30. The second-order valence-corrected chi connectivity index (χ2v) is 5.24. The third-order valence-electron chi connectivity index (χ3n) is 3.00. The van der Waals surface area contributed by atoms with Crippen LogP contribution in [-0.4, -0.2) is 43.1 Å². The summed E-state index contributed by atoms with van der Waals surface area (Å²) in [4.78, 5) is 13.4. The fourth-order valence-electron chi connectivity index (χ4n) is 1.99. The van der Waals surface area contributed by atoms with Gasteiger partial charge in [-0.15, -0.1) is 0 Å². The summed E-state index contributed by atoms with van der Waals surface area (Å²) in [5.74, 6) is -0.106. The molecule has 1 aromatic rings. The van der Waals surface area contributed by atoms with Crippen molar-refractivity contribution in [1.82, 2.24) is 10.2 Å². The molecule has 0 saturated carbocycles. The van der Waals surface area contributed by atoms with Gasteiger partial charge in [0, 0.05) is 31.1 Å². The van der Waals surface area contributed by atoms with Gasteiger partial charge in [0.05, 0.1) is 6.10 Å². The molecule has 0 aliphatic carbocycles. The Kier molecular flexibility index (Phi) is 6.28. The van der Waals surface area contributed by atoms with Crippen LogP contribution >= 0.6 is 11.6 Å². The van der Waals surface area contributed by atoms with E-state index in [4.69, 9.17) is 11.6 Å². The van der Waals surface area contributed by atoms with E-state index in [-0.39, 0.29) is 11.8 Å². The number of aliphatic hydroxyl groups excluding tert-OH is 1. The molecule has 0 heterocycles. The van der Waals surface area contributed by atoms with Crippen molar-refractivity contribution in [3.8, 4) is 0 Å². The van der Waals surface area contributed by atoms with Gasteiger partial charge in [-0.25, -0.2) is 0 Å². The predicted octanol–water partition coefficient (Wildman–Crippen LogP) is 1.69. The Balaban J connectivity index is 2.52. The van der Waals surface area contributed by atoms with E-state index in [9.17, 15) is 9.90 Å². The van der Waals surface area contributed by atoms with Crippen molar-refractivity contribution in [2.75, 3.05) is 27.2 Å². The zero-order valence-electron chi connectivity index (χ0n) is 11.6. The molecule has 0 aliphatic heterocycles. The summed E-state index contributed by atoms with van der Waals surface area (Å²) in [5.41, 5.74) is 0.784. The number of carbonyl (C=O) groups is 1. The summed E-state index contributed by atoms with van der Waals surface area (Å²) in [6, 6.07) is 7.18. The van der Waals surface area contributed by atoms with Crippen LogP contribution in [0.3, 0.4) is 0 Å². The molecule has 0 saturated heterocycles. The van der Waals surface area contributed by atoms with Crippen LogP contribution < -0.4 is 5.32 Å². The number of amides is 1. The maximum absolute atomic E-state index is 11.4. The molecule has 5 heteroatoms. The molecule has 4 nitrogen and oxygen atoms in total. The van der Waals surface area contributed by atoms with Gasteiger partial charge in [0.15, 0.2) is 0 Å². The average molecular weight is 285 g/mol. The zero-order valence-corrected chi connectivity index (χ0v) is 12.3. The van der Waals surface area contributed by atoms with Gasteiger partial charge in [0.2, 0.25) is 5.91 Å². The van der Waals surface area contributed by atoms with E-state index in [1.807, 2.05) is 31.0 Å². The van der Waals surface area contributed by atoms with Gasteiger partial charge >= 0.3 is 0 Å². The Morgan fingerprint density at radius 2 is 2.16 bits per heavy atom. The number of aliphatic hydroxyl groups is 1. The third kappa shape index (κ3) is 5.19. The second kappa shape index (κ2) is 7.48. The van der Waals surface area contributed by atoms with Gasteiger partial charge in [0.1, 0.15) is 0 Å². The Morgan fingerprint density at radius 1 is 1.47 bits per heavy atom. The minimum Gasteiger partial charge on any atom is -0.387 e. The van der Waals surface area contributed by atoms with E-state index in [0.29, 0.717) is 18.1 Å². The molecule has 0 spiro atoms. The Morgan fingerprint density at radius 3 is 2.74 bits per heavy atom. The summed E-state index contributed by atoms with van der Waals surface area (Å²) < 4.78 is 0. The fraction of sp³-hybridized carbons (Fsp3) is 0.500. The zero-order chi connectivity index (χ0) is 14.4. The van der Waals surface area contributed by atoms with Crippen LogP contribution in [0.5, 0.6) is 0 Å². The molecule has 19 heavy (non-hydrogen) atoms. The highest BCUT2D eigenvalue weighted by Crippen LogP contribution is 2.18. The first-order valence-electron chi connectivity index (χ1n) is 6.27. The maximum Gasteiger partial charge on any atom is 0.223 e. The van der Waals surface area contributed by atoms with Crippen LogP contribution in [0.15, 0.2) is 24.3 Å². The Bertz CT molecular complexity index is 426. The van der Waals surface area contributed by atoms with Crippen LogP contribution in [0.1, 0.15) is 18.6 Å². The number of nitrogens with zero attached hydrogens (tertiary/aromatic N) is 1. The Labute approximate surface area is 119 Å². The highest BCUT2D eigenvalue weighted by atomic mass is 35.5. The summed E-state index contributed by atoms with van der Waals surface area (Å²) in [6.07, 6.45) is -0.611. The first kappa shape index (κ1) is 16.0. The number of hydrogen-bond acceptors (Lipinski definition) is 3. The summed E-state index contributed by atoms with van der Waals surface area (Å²) in [5, 5.41) is 13.3. The second-order valence-electron chi connectivity index (χ2n) is 4.81. The average Bonchev–Trinajstić information content (AvgIpc) is 2.37. The lowest BCUT2D eigenvalue weighted by Gasteiger charge is -2.23. The van der Waals surface area contributed by atoms with Crippen molar-refractivity contribution in [1.29, 1.82) is 0 Å². The van der Waals surface area contributed by atoms with E-state index < -0.39 is 6.10 Å². The van der Waals surface area contributed by atoms with E-state index in [1.165, 1.54) is 0 Å². The largest absolute Gasteiger partial charge is 0.387 e. The van der Waals surface area contributed by atoms with Crippen LogP contribution in [0.4, 0.5) is 0 Å². The van der Waals surface area contributed by atoms with Crippen molar-refractivity contribution in [2.24, 2.45) is 5.92 Å². The van der Waals surface area contributed by atoms with Crippen molar-refractivity contribution in [2.45, 2.75) is 13.0 Å². The van der Waals surface area contributed by atoms with Gasteiger partial charge in [-0.3, -0.25) is 4.79 Å². The smallest absolute Gasteiger partial charge is 0.223 e. The van der Waals surface area contributed by atoms with E-state index in [1.54, 1.807) is 19.2 Å². The number of likely N-dealkylation sites (N-methyl/N-ethyl adjacent to an activating group) is 1. The van der Waals surface area contributed by atoms with Gasteiger partial charge in [0.25, 0.3) is 0 Å². The molecule has 0 radical (unpaired) electrons. The lowest BCUT2D eigenvalue weighted by atomic mass is 10.1. The molecule has 1 amide bonds. The molecule has 0 bridgehead atoms. The quantitative estimate of drug-likeness (QED) is 0.836. The molecule has 0 fully saturated rings. The lowest BCUT2D eigenvalue weighted by molar-refractivity contribution is -0.124. The summed E-state index contributed by atoms with van der Waals surface area (Å²) in [7, 11) is 3.51. The maximum atomic E-state index is 11.4. The molecule has 2 unspecified atom stereocenters. The summed E-state index contributed by atoms with van der Waals surface area (Å²) in [6.45, 7) is 2.92. The van der Waals surface area contributed by atoms with Crippen LogP contribution in [0, 0.1) is 5.92 Å². The molecular formula is C14H21ClN2O2. The minimum atomic E-state index is -0.611. The minimum absolute atomic E-state index is 0.00379. The number of benzene rings is 1. The standard InChI is InChI=1S/C14H21ClN2O2/c1-10(14(19)16-2)8-17(3)9-13(18)11-5-4-6-12(15)7-11/h4-7,10,13,18H,8-9H2,1-3H3,(H,16,19). The first-order valence-corrected chi connectivity index (χ1v) is 6.65. The molecular weight excluding hydrogens is 264 g/mol. The van der Waals surface area contributed by atoms with Crippen LogP contribution in [0.2, 0.25) is 5.02 Å². The number of hydrogen-bond donors (Lipinski definition) is 2. The topological polar surface area (TPSA) is 52.6 Å². The SMILES string of the molecule is CNC(=O)C(C)CN(C)CC(O)c1cccc(Cl)c1. The van der Waals surface area contributed by atoms with Gasteiger partial charge < -0.3 is 15.3 Å². The van der Waals surface area contributed by atoms with Crippen molar-refractivity contribution < 1.29 is 9.90 Å². The molecule has 2 N–H and O–H groups in total. The van der Waals surface area contributed by atoms with Crippen molar-refractivity contribution in [3.05, 3.63) is 34.9 Å². The third-order valence-corrected chi connectivity index (χ3v) is 3.23.